The number of nitrogens with two attached hydrogens (primary N) is 1. The van der Waals surface area contributed by atoms with E-state index in [2.05, 4.69) is 18.8 Å². The van der Waals surface area contributed by atoms with Gasteiger partial charge in [0, 0.05) is 18.0 Å². The van der Waals surface area contributed by atoms with Gasteiger partial charge in [-0.1, -0.05) is 11.8 Å². The number of thiophene rings is 1. The molecule has 18 heavy (non-hydrogen) atoms. The molecule has 2 rings (SSSR count). The van der Waals surface area contributed by atoms with Crippen molar-refractivity contribution in [3.63, 3.8) is 0 Å². The van der Waals surface area contributed by atoms with Crippen LogP contribution < -0.4 is 5.73 Å². The topological polar surface area (TPSA) is 46.3 Å². The molecule has 4 heteroatoms. The summed E-state index contributed by atoms with van der Waals surface area (Å²) in [4.78, 5) is 15.2. The van der Waals surface area contributed by atoms with Crippen LogP contribution in [0, 0.1) is 11.8 Å². The Labute approximate surface area is 112 Å². The molecule has 1 aliphatic heterocycles. The highest BCUT2D eigenvalue weighted by Gasteiger charge is 2.24. The van der Waals surface area contributed by atoms with E-state index in [1.165, 1.54) is 17.8 Å². The van der Waals surface area contributed by atoms with Crippen LogP contribution >= 0.6 is 11.3 Å². The number of nitrogens with zero attached hydrogens (tertiary/aromatic N) is 1. The monoisotopic (exact) mass is 262 g/mol. The molecule has 0 radical (unpaired) electrons. The minimum Gasteiger partial charge on any atom is -0.336 e. The maximum Gasteiger partial charge on any atom is 0.254 e. The van der Waals surface area contributed by atoms with Crippen molar-refractivity contribution in [1.29, 1.82) is 0 Å². The molecule has 0 aliphatic carbocycles. The lowest BCUT2D eigenvalue weighted by molar-refractivity contribution is 0.0636. The van der Waals surface area contributed by atoms with Gasteiger partial charge >= 0.3 is 0 Å². The molecule has 0 spiro atoms. The van der Waals surface area contributed by atoms with E-state index in [1.54, 1.807) is 0 Å². The number of carbonyl (C=O) groups is 1. The van der Waals surface area contributed by atoms with Gasteiger partial charge in [-0.2, -0.15) is 0 Å². The number of likely N-dealkylation sites (tertiary alicyclic amines) is 1. The average molecular weight is 262 g/mol. The Balaban J connectivity index is 2.10. The minimum absolute atomic E-state index is 0.138. The van der Waals surface area contributed by atoms with Crippen LogP contribution in [0.2, 0.25) is 0 Å². The molecular weight excluding hydrogens is 244 g/mol. The molecule has 1 aliphatic rings. The van der Waals surface area contributed by atoms with E-state index >= 15 is 0 Å². The van der Waals surface area contributed by atoms with E-state index < -0.39 is 0 Å². The highest BCUT2D eigenvalue weighted by molar-refractivity contribution is 7.10. The Morgan fingerprint density at radius 3 is 3.17 bits per heavy atom. The van der Waals surface area contributed by atoms with E-state index in [9.17, 15) is 4.79 Å². The van der Waals surface area contributed by atoms with Crippen molar-refractivity contribution in [2.24, 2.45) is 5.73 Å². The average Bonchev–Trinajstić information content (AvgIpc) is 2.85. The maximum absolute atomic E-state index is 12.4. The first-order valence-electron chi connectivity index (χ1n) is 6.31. The van der Waals surface area contributed by atoms with Gasteiger partial charge in [0.05, 0.1) is 17.0 Å². The molecule has 1 unspecified atom stereocenters. The zero-order valence-electron chi connectivity index (χ0n) is 10.6. The van der Waals surface area contributed by atoms with Gasteiger partial charge in [-0.3, -0.25) is 4.79 Å². The molecule has 1 aromatic rings. The molecule has 0 bridgehead atoms. The van der Waals surface area contributed by atoms with Crippen molar-refractivity contribution in [3.8, 4) is 11.8 Å². The smallest absolute Gasteiger partial charge is 0.254 e. The molecule has 2 heterocycles. The third kappa shape index (κ3) is 2.92. The summed E-state index contributed by atoms with van der Waals surface area (Å²) in [6.07, 6.45) is 3.44. The van der Waals surface area contributed by atoms with Crippen LogP contribution in [0.15, 0.2) is 11.4 Å². The molecule has 1 aromatic heterocycles. The van der Waals surface area contributed by atoms with Gasteiger partial charge in [-0.25, -0.2) is 0 Å². The predicted octanol–water partition coefficient (Wildman–Crippen LogP) is 2.07. The van der Waals surface area contributed by atoms with E-state index in [0.29, 0.717) is 12.6 Å². The van der Waals surface area contributed by atoms with E-state index in [4.69, 9.17) is 5.73 Å². The summed E-state index contributed by atoms with van der Waals surface area (Å²) in [7, 11) is 0. The number of amides is 1. The summed E-state index contributed by atoms with van der Waals surface area (Å²) < 4.78 is 0. The van der Waals surface area contributed by atoms with Crippen LogP contribution in [0.3, 0.4) is 0 Å². The molecule has 1 atom stereocenters. The molecule has 2 N–H and O–H groups in total. The van der Waals surface area contributed by atoms with Gasteiger partial charge in [0.1, 0.15) is 0 Å². The Bertz CT molecular complexity index is 483. The summed E-state index contributed by atoms with van der Waals surface area (Å²) in [5.41, 5.74) is 6.09. The minimum atomic E-state index is 0.138. The van der Waals surface area contributed by atoms with Crippen molar-refractivity contribution >= 4 is 17.2 Å². The number of carbonyl (C=O) groups excluding carboxylic acids is 1. The van der Waals surface area contributed by atoms with Crippen molar-refractivity contribution in [1.82, 2.24) is 4.90 Å². The highest BCUT2D eigenvalue weighted by atomic mass is 32.1. The zero-order chi connectivity index (χ0) is 13.0. The molecule has 1 amide bonds. The summed E-state index contributed by atoms with van der Waals surface area (Å²) in [6, 6.07) is 2.22. The molecule has 96 valence electrons. The summed E-state index contributed by atoms with van der Waals surface area (Å²) in [5.74, 6) is 5.91. The molecule has 0 aromatic carbocycles. The van der Waals surface area contributed by atoms with Gasteiger partial charge < -0.3 is 10.6 Å². The third-order valence-corrected chi connectivity index (χ3v) is 4.07. The first-order valence-corrected chi connectivity index (χ1v) is 7.19. The highest BCUT2D eigenvalue weighted by Crippen LogP contribution is 2.21. The summed E-state index contributed by atoms with van der Waals surface area (Å²) in [5, 5.41) is 1.89. The maximum atomic E-state index is 12.4. The number of rotatable bonds is 1. The summed E-state index contributed by atoms with van der Waals surface area (Å²) >= 11 is 1.51. The van der Waals surface area contributed by atoms with Gasteiger partial charge in [-0.05, 0) is 32.3 Å². The van der Waals surface area contributed by atoms with E-state index in [0.717, 1.165) is 29.8 Å². The standard InChI is InChI=1S/C14H18N2OS/c1-11-5-2-3-8-16(11)14(17)12-9-13(18-10-12)6-4-7-15/h9-11H,2-3,5,7-8,15H2,1H3. The second kappa shape index (κ2) is 6.03. The van der Waals surface area contributed by atoms with Crippen LogP contribution in [0.4, 0.5) is 0 Å². The zero-order valence-corrected chi connectivity index (χ0v) is 11.4. The summed E-state index contributed by atoms with van der Waals surface area (Å²) in [6.45, 7) is 3.35. The van der Waals surface area contributed by atoms with Crippen LogP contribution in [0.5, 0.6) is 0 Å². The Morgan fingerprint density at radius 2 is 2.44 bits per heavy atom. The SMILES string of the molecule is CC1CCCCN1C(=O)c1csc(C#CCN)c1. The van der Waals surface area contributed by atoms with Crippen molar-refractivity contribution in [3.05, 3.63) is 21.9 Å². The Hall–Kier alpha value is -1.31. The lowest BCUT2D eigenvalue weighted by Crippen LogP contribution is -2.41. The van der Waals surface area contributed by atoms with Crippen LogP contribution in [0.25, 0.3) is 0 Å². The van der Waals surface area contributed by atoms with Gasteiger partial charge in [0.25, 0.3) is 5.91 Å². The van der Waals surface area contributed by atoms with Gasteiger partial charge in [0.15, 0.2) is 0 Å². The van der Waals surface area contributed by atoms with Gasteiger partial charge in [0.2, 0.25) is 0 Å². The fourth-order valence-electron chi connectivity index (χ4n) is 2.22. The fourth-order valence-corrected chi connectivity index (χ4v) is 2.97. The number of piperidine rings is 1. The van der Waals surface area contributed by atoms with Gasteiger partial charge in [-0.15, -0.1) is 11.3 Å². The molecule has 0 saturated carbocycles. The largest absolute Gasteiger partial charge is 0.336 e. The molecular formula is C14H18N2OS. The first-order chi connectivity index (χ1) is 8.72. The number of hydrogen-bond donors (Lipinski definition) is 1. The first kappa shape index (κ1) is 13.1. The molecule has 1 fully saturated rings. The van der Waals surface area contributed by atoms with Crippen LogP contribution in [-0.2, 0) is 0 Å². The normalized spacial score (nSPS) is 19.2. The van der Waals surface area contributed by atoms with Crippen LogP contribution in [-0.4, -0.2) is 29.9 Å². The number of hydrogen-bond acceptors (Lipinski definition) is 3. The van der Waals surface area contributed by atoms with Crippen LogP contribution in [0.1, 0.15) is 41.4 Å². The van der Waals surface area contributed by atoms with Crippen molar-refractivity contribution < 1.29 is 4.79 Å². The lowest BCUT2D eigenvalue weighted by Gasteiger charge is -2.33. The van der Waals surface area contributed by atoms with E-state index in [1.807, 2.05) is 16.3 Å². The molecule has 3 nitrogen and oxygen atoms in total. The van der Waals surface area contributed by atoms with Crippen molar-refractivity contribution in [2.45, 2.75) is 32.2 Å². The predicted molar refractivity (Wildman–Crippen MR) is 74.6 cm³/mol. The Kier molecular flexibility index (Phi) is 4.40. The Morgan fingerprint density at radius 1 is 1.61 bits per heavy atom. The third-order valence-electron chi connectivity index (χ3n) is 3.22. The quantitative estimate of drug-likeness (QED) is 0.788. The second-order valence-electron chi connectivity index (χ2n) is 4.55. The lowest BCUT2D eigenvalue weighted by atomic mass is 10.0. The fraction of sp³-hybridized carbons (Fsp3) is 0.500. The molecule has 1 saturated heterocycles. The van der Waals surface area contributed by atoms with Crippen molar-refractivity contribution in [2.75, 3.05) is 13.1 Å². The second-order valence-corrected chi connectivity index (χ2v) is 5.46. The van der Waals surface area contributed by atoms with E-state index in [-0.39, 0.29) is 5.91 Å².